The van der Waals surface area contributed by atoms with Crippen LogP contribution in [0.4, 0.5) is 0 Å². The van der Waals surface area contributed by atoms with E-state index < -0.39 is 11.9 Å². The number of oxime groups is 1. The Balaban J connectivity index is 0.000000177. The SMILES string of the molecule is BrC1=NOC2(C1)CN1CCC2CC1.O=C(O)/C=C/C(=O)O. The average Bonchev–Trinajstić information content (AvgIpc) is 2.79. The molecule has 21 heavy (non-hydrogen) atoms. The monoisotopic (exact) mass is 360 g/mol. The quantitative estimate of drug-likeness (QED) is 0.719. The second-order valence-corrected chi connectivity index (χ2v) is 6.28. The fourth-order valence-corrected chi connectivity index (χ4v) is 3.57. The van der Waals surface area contributed by atoms with E-state index in [1.807, 2.05) is 0 Å². The van der Waals surface area contributed by atoms with E-state index >= 15 is 0 Å². The lowest BCUT2D eigenvalue weighted by molar-refractivity contribution is -0.136. The zero-order valence-corrected chi connectivity index (χ0v) is 13.0. The number of nitrogens with zero attached hydrogens (tertiary/aromatic N) is 2. The van der Waals surface area contributed by atoms with Gasteiger partial charge in [-0.1, -0.05) is 5.16 Å². The fraction of sp³-hybridized carbons (Fsp3) is 0.615. The minimum atomic E-state index is -1.26. The van der Waals surface area contributed by atoms with Crippen LogP contribution in [0, 0.1) is 5.92 Å². The van der Waals surface area contributed by atoms with Gasteiger partial charge in [0.05, 0.1) is 0 Å². The van der Waals surface area contributed by atoms with Crippen molar-refractivity contribution in [3.63, 3.8) is 0 Å². The second-order valence-electron chi connectivity index (χ2n) is 5.36. The van der Waals surface area contributed by atoms with Gasteiger partial charge in [0.2, 0.25) is 0 Å². The van der Waals surface area contributed by atoms with Crippen LogP contribution in [0.3, 0.4) is 0 Å². The van der Waals surface area contributed by atoms with Gasteiger partial charge in [-0.15, -0.1) is 0 Å². The largest absolute Gasteiger partial charge is 0.478 e. The van der Waals surface area contributed by atoms with Crippen LogP contribution in [0.15, 0.2) is 17.3 Å². The van der Waals surface area contributed by atoms with Crippen LogP contribution in [-0.4, -0.2) is 56.9 Å². The summed E-state index contributed by atoms with van der Waals surface area (Å²) >= 11 is 3.43. The van der Waals surface area contributed by atoms with Gasteiger partial charge < -0.3 is 15.1 Å². The van der Waals surface area contributed by atoms with Crippen molar-refractivity contribution in [3.8, 4) is 0 Å². The van der Waals surface area contributed by atoms with E-state index in [-0.39, 0.29) is 5.60 Å². The zero-order chi connectivity index (χ0) is 15.5. The first-order valence-electron chi connectivity index (χ1n) is 6.68. The summed E-state index contributed by atoms with van der Waals surface area (Å²) < 4.78 is 0.987. The maximum absolute atomic E-state index is 9.55. The number of piperidine rings is 3. The number of fused-ring (bicyclic) bond motifs is 2. The molecule has 4 aliphatic rings. The highest BCUT2D eigenvalue weighted by Gasteiger charge is 2.51. The van der Waals surface area contributed by atoms with E-state index in [4.69, 9.17) is 15.1 Å². The van der Waals surface area contributed by atoms with Gasteiger partial charge in [0.25, 0.3) is 0 Å². The maximum atomic E-state index is 9.55. The molecule has 3 fully saturated rings. The Kier molecular flexibility index (Phi) is 5.00. The summed E-state index contributed by atoms with van der Waals surface area (Å²) in [4.78, 5) is 27.2. The molecule has 0 aromatic carbocycles. The molecule has 0 aromatic rings. The molecule has 7 nitrogen and oxygen atoms in total. The molecule has 1 spiro atoms. The molecule has 0 radical (unpaired) electrons. The van der Waals surface area contributed by atoms with Crippen molar-refractivity contribution in [2.45, 2.75) is 24.9 Å². The second kappa shape index (κ2) is 6.57. The molecule has 3 saturated heterocycles. The number of carboxylic acid groups (broad SMARTS) is 2. The van der Waals surface area contributed by atoms with E-state index in [1.165, 1.54) is 25.9 Å². The minimum Gasteiger partial charge on any atom is -0.478 e. The lowest BCUT2D eigenvalue weighted by Gasteiger charge is -2.49. The molecule has 2 bridgehead atoms. The normalized spacial score (nSPS) is 33.3. The predicted octanol–water partition coefficient (Wildman–Crippen LogP) is 1.29. The Morgan fingerprint density at radius 2 is 1.86 bits per heavy atom. The molecule has 4 aliphatic heterocycles. The van der Waals surface area contributed by atoms with Gasteiger partial charge >= 0.3 is 11.9 Å². The van der Waals surface area contributed by atoms with Crippen molar-refractivity contribution in [2.24, 2.45) is 11.1 Å². The van der Waals surface area contributed by atoms with Crippen LogP contribution < -0.4 is 0 Å². The summed E-state index contributed by atoms with van der Waals surface area (Å²) in [5.74, 6) is -1.78. The molecule has 0 aliphatic carbocycles. The molecule has 8 heteroatoms. The molecule has 0 amide bonds. The molecule has 2 N–H and O–H groups in total. The smallest absolute Gasteiger partial charge is 0.328 e. The Hall–Kier alpha value is -1.41. The molecule has 4 rings (SSSR count). The first kappa shape index (κ1) is 16.0. The lowest BCUT2D eigenvalue weighted by atomic mass is 9.74. The van der Waals surface area contributed by atoms with Crippen LogP contribution in [0.2, 0.25) is 0 Å². The lowest BCUT2D eigenvalue weighted by Crippen LogP contribution is -2.59. The maximum Gasteiger partial charge on any atom is 0.328 e. The Bertz CT molecular complexity index is 469. The van der Waals surface area contributed by atoms with Crippen molar-refractivity contribution >= 4 is 32.5 Å². The molecule has 1 unspecified atom stereocenters. The summed E-state index contributed by atoms with van der Waals surface area (Å²) in [6.45, 7) is 3.59. The number of aliphatic carboxylic acids is 2. The standard InChI is InChI=1S/C9H13BrN2O.C4H4O4/c10-8-5-9(13-11-8)6-12-3-1-7(9)2-4-12;5-3(6)1-2-4(7)8/h7H,1-6H2;1-2H,(H,5,6)(H,7,8)/b;2-1+. The number of rotatable bonds is 2. The first-order valence-corrected chi connectivity index (χ1v) is 7.47. The molecular weight excluding hydrogens is 344 g/mol. The summed E-state index contributed by atoms with van der Waals surface area (Å²) in [6, 6.07) is 0. The van der Waals surface area contributed by atoms with Crippen LogP contribution in [0.25, 0.3) is 0 Å². The number of carboxylic acids is 2. The van der Waals surface area contributed by atoms with E-state index in [9.17, 15) is 9.59 Å². The number of hydrogen-bond acceptors (Lipinski definition) is 5. The number of carbonyl (C=O) groups is 2. The molecule has 116 valence electrons. The Morgan fingerprint density at radius 1 is 1.29 bits per heavy atom. The Morgan fingerprint density at radius 3 is 2.19 bits per heavy atom. The van der Waals surface area contributed by atoms with Crippen molar-refractivity contribution in [3.05, 3.63) is 12.2 Å². The van der Waals surface area contributed by atoms with E-state index in [2.05, 4.69) is 26.0 Å². The van der Waals surface area contributed by atoms with Crippen molar-refractivity contribution < 1.29 is 24.6 Å². The van der Waals surface area contributed by atoms with E-state index in [0.717, 1.165) is 23.5 Å². The Labute approximate surface area is 130 Å². The molecule has 0 aromatic heterocycles. The highest BCUT2D eigenvalue weighted by molar-refractivity contribution is 9.18. The number of hydrogen-bond donors (Lipinski definition) is 2. The summed E-state index contributed by atoms with van der Waals surface area (Å²) in [6.07, 6.45) is 4.67. The third-order valence-electron chi connectivity index (χ3n) is 3.96. The minimum absolute atomic E-state index is 0.0370. The van der Waals surface area contributed by atoms with E-state index in [0.29, 0.717) is 12.2 Å². The van der Waals surface area contributed by atoms with E-state index in [1.54, 1.807) is 0 Å². The van der Waals surface area contributed by atoms with Crippen LogP contribution in [0.1, 0.15) is 19.3 Å². The van der Waals surface area contributed by atoms with Crippen molar-refractivity contribution in [1.82, 2.24) is 4.90 Å². The van der Waals surface area contributed by atoms with Gasteiger partial charge in [-0.2, -0.15) is 0 Å². The average molecular weight is 361 g/mol. The summed E-state index contributed by atoms with van der Waals surface area (Å²) in [7, 11) is 0. The van der Waals surface area contributed by atoms with Crippen LogP contribution in [0.5, 0.6) is 0 Å². The van der Waals surface area contributed by atoms with Crippen molar-refractivity contribution in [2.75, 3.05) is 19.6 Å². The van der Waals surface area contributed by atoms with Crippen molar-refractivity contribution in [1.29, 1.82) is 0 Å². The third-order valence-corrected chi connectivity index (χ3v) is 4.39. The highest BCUT2D eigenvalue weighted by Crippen LogP contribution is 2.43. The van der Waals surface area contributed by atoms with Gasteiger partial charge in [-0.25, -0.2) is 9.59 Å². The first-order chi connectivity index (χ1) is 9.91. The molecule has 0 saturated carbocycles. The van der Waals surface area contributed by atoms with Gasteiger partial charge in [-0.3, -0.25) is 4.90 Å². The fourth-order valence-electron chi connectivity index (χ4n) is 3.02. The van der Waals surface area contributed by atoms with Gasteiger partial charge in [0.15, 0.2) is 5.60 Å². The van der Waals surface area contributed by atoms with Crippen LogP contribution in [-0.2, 0) is 14.4 Å². The summed E-state index contributed by atoms with van der Waals surface area (Å²) in [5.41, 5.74) is 0.0370. The predicted molar refractivity (Wildman–Crippen MR) is 78.4 cm³/mol. The third kappa shape index (κ3) is 4.04. The molecule has 1 atom stereocenters. The van der Waals surface area contributed by atoms with Gasteiger partial charge in [0, 0.05) is 31.0 Å². The summed E-state index contributed by atoms with van der Waals surface area (Å²) in [5, 5.41) is 19.7. The van der Waals surface area contributed by atoms with Gasteiger partial charge in [-0.05, 0) is 41.9 Å². The highest BCUT2D eigenvalue weighted by atomic mass is 79.9. The molecular formula is C13H17BrN2O5. The van der Waals surface area contributed by atoms with Crippen LogP contribution >= 0.6 is 15.9 Å². The number of halogens is 1. The topological polar surface area (TPSA) is 99.4 Å². The molecule has 4 heterocycles. The van der Waals surface area contributed by atoms with Gasteiger partial charge in [0.1, 0.15) is 4.62 Å². The zero-order valence-electron chi connectivity index (χ0n) is 11.4.